The van der Waals surface area contributed by atoms with E-state index in [2.05, 4.69) is 0 Å². The second-order valence-corrected chi connectivity index (χ2v) is 2.65. The molecule has 7 heteroatoms. The molecule has 0 spiro atoms. The summed E-state index contributed by atoms with van der Waals surface area (Å²) >= 11 is 0. The van der Waals surface area contributed by atoms with Crippen LogP contribution in [0.25, 0.3) is 0 Å². The van der Waals surface area contributed by atoms with E-state index in [1.165, 1.54) is 0 Å². The molecule has 0 fully saturated rings. The van der Waals surface area contributed by atoms with Gasteiger partial charge < -0.3 is 20.4 Å². The first-order chi connectivity index (χ1) is 5.99. The van der Waals surface area contributed by atoms with Crippen molar-refractivity contribution in [3.63, 3.8) is 0 Å². The van der Waals surface area contributed by atoms with Gasteiger partial charge >= 0.3 is 0 Å². The number of nitrogens with zero attached hydrogens (tertiary/aromatic N) is 1. The van der Waals surface area contributed by atoms with Crippen LogP contribution in [0.1, 0.15) is 6.42 Å². The van der Waals surface area contributed by atoms with Gasteiger partial charge in [0.05, 0.1) is 6.10 Å². The summed E-state index contributed by atoms with van der Waals surface area (Å²) in [7, 11) is 0. The molecule has 7 nitrogen and oxygen atoms in total. The molecule has 0 saturated heterocycles. The number of hydrogen-bond donors (Lipinski definition) is 4. The Bertz CT molecular complexity index is 163. The minimum Gasteiger partial charge on any atom is -0.396 e. The Balaban J connectivity index is 3.92. The maximum absolute atomic E-state index is 9.90. The van der Waals surface area contributed by atoms with E-state index in [1.54, 1.807) is 0 Å². The van der Waals surface area contributed by atoms with Crippen molar-refractivity contribution in [1.82, 2.24) is 0 Å². The molecule has 13 heavy (non-hydrogen) atoms. The Morgan fingerprint density at radius 2 is 1.77 bits per heavy atom. The van der Waals surface area contributed by atoms with Crippen molar-refractivity contribution in [1.29, 1.82) is 0 Å². The second-order valence-electron chi connectivity index (χ2n) is 2.65. The van der Waals surface area contributed by atoms with Gasteiger partial charge in [-0.05, 0) is 6.42 Å². The Kier molecular flexibility index (Phi) is 5.47. The quantitative estimate of drug-likeness (QED) is 0.280. The summed E-state index contributed by atoms with van der Waals surface area (Å²) in [6.07, 6.45) is -4.69. The zero-order valence-corrected chi connectivity index (χ0v) is 6.91. The van der Waals surface area contributed by atoms with Crippen LogP contribution in [-0.2, 0) is 0 Å². The first kappa shape index (κ1) is 12.2. The molecule has 3 atom stereocenters. The third-order valence-electron chi connectivity index (χ3n) is 1.55. The van der Waals surface area contributed by atoms with E-state index in [-0.39, 0.29) is 13.0 Å². The van der Waals surface area contributed by atoms with Gasteiger partial charge in [0.1, 0.15) is 12.2 Å². The third-order valence-corrected chi connectivity index (χ3v) is 1.55. The highest BCUT2D eigenvalue weighted by Crippen LogP contribution is 2.03. The molecule has 0 heterocycles. The first-order valence-corrected chi connectivity index (χ1v) is 3.76. The van der Waals surface area contributed by atoms with E-state index < -0.39 is 29.8 Å². The lowest BCUT2D eigenvalue weighted by Crippen LogP contribution is -2.41. The molecular formula is C6H13NO6. The van der Waals surface area contributed by atoms with E-state index in [1.807, 2.05) is 0 Å². The van der Waals surface area contributed by atoms with Crippen molar-refractivity contribution in [3.05, 3.63) is 10.1 Å². The topological polar surface area (TPSA) is 124 Å². The zero-order chi connectivity index (χ0) is 10.4. The van der Waals surface area contributed by atoms with Crippen molar-refractivity contribution in [3.8, 4) is 0 Å². The summed E-state index contributed by atoms with van der Waals surface area (Å²) in [5, 5.41) is 45.3. The molecule has 0 rings (SSSR count). The van der Waals surface area contributed by atoms with Crippen molar-refractivity contribution >= 4 is 0 Å². The van der Waals surface area contributed by atoms with Gasteiger partial charge in [-0.25, -0.2) is 0 Å². The predicted octanol–water partition coefficient (Wildman–Crippen LogP) is -2.27. The van der Waals surface area contributed by atoms with E-state index >= 15 is 0 Å². The van der Waals surface area contributed by atoms with Gasteiger partial charge in [-0.3, -0.25) is 10.1 Å². The summed E-state index contributed by atoms with van der Waals surface area (Å²) in [5.74, 6) is 0. The minimum absolute atomic E-state index is 0.129. The number of aliphatic hydroxyl groups is 4. The summed E-state index contributed by atoms with van der Waals surface area (Å²) in [4.78, 5) is 9.11. The molecule has 0 aromatic heterocycles. The zero-order valence-electron chi connectivity index (χ0n) is 6.91. The van der Waals surface area contributed by atoms with Gasteiger partial charge in [-0.2, -0.15) is 0 Å². The fourth-order valence-electron chi connectivity index (χ4n) is 0.820. The molecule has 0 aromatic carbocycles. The summed E-state index contributed by atoms with van der Waals surface area (Å²) in [6.45, 7) is -1.19. The van der Waals surface area contributed by atoms with Crippen LogP contribution < -0.4 is 0 Å². The van der Waals surface area contributed by atoms with Gasteiger partial charge in [0, 0.05) is 11.5 Å². The number of rotatable bonds is 6. The number of aliphatic hydroxyl groups excluding tert-OH is 4. The van der Waals surface area contributed by atoms with Crippen molar-refractivity contribution in [2.24, 2.45) is 0 Å². The summed E-state index contributed by atoms with van der Waals surface area (Å²) < 4.78 is 0. The minimum atomic E-state index is -1.61. The molecular weight excluding hydrogens is 182 g/mol. The fourth-order valence-corrected chi connectivity index (χ4v) is 0.820. The van der Waals surface area contributed by atoms with Crippen LogP contribution in [-0.4, -0.2) is 56.8 Å². The van der Waals surface area contributed by atoms with Gasteiger partial charge in [0.25, 0.3) is 0 Å². The van der Waals surface area contributed by atoms with Gasteiger partial charge in [0.15, 0.2) is 0 Å². The molecule has 4 N–H and O–H groups in total. The summed E-state index contributed by atoms with van der Waals surface area (Å²) in [5.41, 5.74) is 0. The number of nitro groups is 1. The average molecular weight is 195 g/mol. The Labute approximate surface area is 74.4 Å². The highest BCUT2D eigenvalue weighted by Gasteiger charge is 2.27. The molecule has 0 aliphatic heterocycles. The van der Waals surface area contributed by atoms with Crippen LogP contribution in [0.3, 0.4) is 0 Å². The highest BCUT2D eigenvalue weighted by molar-refractivity contribution is 4.74. The van der Waals surface area contributed by atoms with Crippen molar-refractivity contribution in [2.45, 2.75) is 24.7 Å². The first-order valence-electron chi connectivity index (χ1n) is 3.76. The maximum atomic E-state index is 9.90. The van der Waals surface area contributed by atoms with E-state index in [9.17, 15) is 10.1 Å². The molecule has 0 aliphatic rings. The molecule has 78 valence electrons. The van der Waals surface area contributed by atoms with Crippen LogP contribution in [0.2, 0.25) is 0 Å². The maximum Gasteiger partial charge on any atom is 0.232 e. The highest BCUT2D eigenvalue weighted by atomic mass is 16.6. The SMILES string of the molecule is O=[N+]([O-])C[C@@H](O)[C@H](O)[C@H](O)CCO. The van der Waals surface area contributed by atoms with Gasteiger partial charge in [-0.15, -0.1) is 0 Å². The molecule has 0 aromatic rings. The molecule has 0 radical (unpaired) electrons. The average Bonchev–Trinajstić information content (AvgIpc) is 2.02. The van der Waals surface area contributed by atoms with E-state index in [4.69, 9.17) is 20.4 Å². The standard InChI is InChI=1S/C6H13NO6/c8-2-1-4(9)6(11)5(10)3-7(12)13/h4-6,8-11H,1-3H2/t4-,5-,6-/m1/s1. The predicted molar refractivity (Wildman–Crippen MR) is 41.6 cm³/mol. The van der Waals surface area contributed by atoms with E-state index in [0.29, 0.717) is 0 Å². The Morgan fingerprint density at radius 3 is 2.15 bits per heavy atom. The van der Waals surface area contributed by atoms with E-state index in [0.717, 1.165) is 0 Å². The molecule has 0 bridgehead atoms. The fraction of sp³-hybridized carbons (Fsp3) is 1.00. The third kappa shape index (κ3) is 4.73. The Morgan fingerprint density at radius 1 is 1.23 bits per heavy atom. The van der Waals surface area contributed by atoms with Gasteiger partial charge in [0.2, 0.25) is 6.54 Å². The van der Waals surface area contributed by atoms with Crippen LogP contribution >= 0.6 is 0 Å². The largest absolute Gasteiger partial charge is 0.396 e. The van der Waals surface area contributed by atoms with Gasteiger partial charge in [-0.1, -0.05) is 0 Å². The van der Waals surface area contributed by atoms with Crippen molar-refractivity contribution in [2.75, 3.05) is 13.2 Å². The molecule has 0 aliphatic carbocycles. The smallest absolute Gasteiger partial charge is 0.232 e. The second kappa shape index (κ2) is 5.81. The number of hydrogen-bond acceptors (Lipinski definition) is 6. The van der Waals surface area contributed by atoms with Crippen LogP contribution in [0.5, 0.6) is 0 Å². The van der Waals surface area contributed by atoms with Crippen LogP contribution in [0.15, 0.2) is 0 Å². The molecule has 0 amide bonds. The lowest BCUT2D eigenvalue weighted by Gasteiger charge is -2.19. The Hall–Kier alpha value is -0.760. The van der Waals surface area contributed by atoms with Crippen LogP contribution in [0, 0.1) is 10.1 Å². The molecule has 0 unspecified atom stereocenters. The monoisotopic (exact) mass is 195 g/mol. The van der Waals surface area contributed by atoms with Crippen molar-refractivity contribution < 1.29 is 25.3 Å². The lowest BCUT2D eigenvalue weighted by atomic mass is 10.1. The lowest BCUT2D eigenvalue weighted by molar-refractivity contribution is -0.493. The summed E-state index contributed by atoms with van der Waals surface area (Å²) in [6, 6.07) is 0. The molecule has 0 saturated carbocycles. The van der Waals surface area contributed by atoms with Crippen LogP contribution in [0.4, 0.5) is 0 Å². The normalized spacial score (nSPS) is 17.8.